The fourth-order valence-corrected chi connectivity index (χ4v) is 5.43. The Morgan fingerprint density at radius 2 is 1.54 bits per heavy atom. The molecule has 0 aromatic carbocycles. The van der Waals surface area contributed by atoms with Gasteiger partial charge >= 0.3 is 0 Å². The summed E-state index contributed by atoms with van der Waals surface area (Å²) >= 11 is 1.96. The van der Waals surface area contributed by atoms with Crippen LogP contribution in [0.15, 0.2) is 11.1 Å². The fraction of sp³-hybridized carbons (Fsp3) is 0.818. The second-order valence-electron chi connectivity index (χ2n) is 3.91. The van der Waals surface area contributed by atoms with Crippen molar-refractivity contribution in [2.24, 2.45) is 0 Å². The van der Waals surface area contributed by atoms with Crippen LogP contribution in [0, 0.1) is 0 Å². The molecule has 0 aliphatic carbocycles. The van der Waals surface area contributed by atoms with Gasteiger partial charge in [0.15, 0.2) is 0 Å². The van der Waals surface area contributed by atoms with Gasteiger partial charge < -0.3 is 0 Å². The van der Waals surface area contributed by atoms with E-state index in [1.807, 2.05) is 11.8 Å². The summed E-state index contributed by atoms with van der Waals surface area (Å²) in [5, 5.41) is 3.08. The first-order valence-electron chi connectivity index (χ1n) is 5.43. The molecule has 0 aliphatic heterocycles. The molecule has 0 spiro atoms. The Bertz CT molecular complexity index is 140. The summed E-state index contributed by atoms with van der Waals surface area (Å²) in [5.41, 5.74) is 2.55. The Labute approximate surface area is 89.2 Å². The minimum atomic E-state index is -0.986. The molecule has 0 fully saturated rings. The molecule has 0 unspecified atom stereocenters. The summed E-state index contributed by atoms with van der Waals surface area (Å²) in [6, 6.07) is 4.19. The Morgan fingerprint density at radius 1 is 1.08 bits per heavy atom. The summed E-state index contributed by atoms with van der Waals surface area (Å²) in [7, 11) is -0.986. The van der Waals surface area contributed by atoms with Gasteiger partial charge in [0, 0.05) is 5.25 Å². The topological polar surface area (TPSA) is 0 Å². The zero-order chi connectivity index (χ0) is 10.3. The summed E-state index contributed by atoms with van der Waals surface area (Å²) in [4.78, 5) is 0. The Hall–Kier alpha value is 0.307. The van der Waals surface area contributed by atoms with E-state index in [0.717, 1.165) is 5.25 Å². The number of hydrogen-bond acceptors (Lipinski definition) is 1. The van der Waals surface area contributed by atoms with Gasteiger partial charge in [-0.1, -0.05) is 58.5 Å². The monoisotopic (exact) mass is 216 g/mol. The van der Waals surface area contributed by atoms with Crippen molar-refractivity contribution in [1.82, 2.24) is 0 Å². The van der Waals surface area contributed by atoms with Crippen LogP contribution in [-0.4, -0.2) is 13.3 Å². The normalized spacial score (nSPS) is 13.1. The van der Waals surface area contributed by atoms with Crippen LogP contribution in [0.1, 0.15) is 34.6 Å². The molecule has 0 N–H and O–H groups in total. The van der Waals surface area contributed by atoms with Gasteiger partial charge in [-0.2, -0.15) is 0 Å². The third kappa shape index (κ3) is 4.92. The molecule has 0 atom stereocenters. The molecule has 0 radical (unpaired) electrons. The molecule has 78 valence electrons. The fourth-order valence-electron chi connectivity index (χ4n) is 1.44. The van der Waals surface area contributed by atoms with Crippen LogP contribution in [0.3, 0.4) is 0 Å². The van der Waals surface area contributed by atoms with E-state index in [1.54, 1.807) is 0 Å². The first kappa shape index (κ1) is 13.3. The van der Waals surface area contributed by atoms with E-state index in [4.69, 9.17) is 0 Å². The molecule has 0 rings (SSSR count). The van der Waals surface area contributed by atoms with Gasteiger partial charge in [0.05, 0.1) is 8.07 Å². The minimum Gasteiger partial charge on any atom is -0.132 e. The molecule has 0 saturated heterocycles. The SMILES string of the molecule is CC[Si](/C=C\SC(C)C)(CC)CC. The van der Waals surface area contributed by atoms with E-state index in [-0.39, 0.29) is 0 Å². The summed E-state index contributed by atoms with van der Waals surface area (Å²) in [6.45, 7) is 11.6. The van der Waals surface area contributed by atoms with Crippen LogP contribution in [0.5, 0.6) is 0 Å². The van der Waals surface area contributed by atoms with Crippen molar-refractivity contribution >= 4 is 19.8 Å². The second kappa shape index (κ2) is 6.72. The number of rotatable bonds is 6. The molecular weight excluding hydrogens is 192 g/mol. The maximum absolute atomic E-state index is 2.55. The third-order valence-corrected chi connectivity index (χ3v) is 9.06. The van der Waals surface area contributed by atoms with Crippen molar-refractivity contribution in [3.05, 3.63) is 11.1 Å². The molecule has 2 heteroatoms. The molecule has 0 aromatic heterocycles. The van der Waals surface area contributed by atoms with Crippen LogP contribution in [-0.2, 0) is 0 Å². The summed E-state index contributed by atoms with van der Waals surface area (Å²) < 4.78 is 0. The van der Waals surface area contributed by atoms with Gasteiger partial charge in [-0.25, -0.2) is 0 Å². The van der Waals surface area contributed by atoms with Gasteiger partial charge in [0.2, 0.25) is 0 Å². The average molecular weight is 216 g/mol. The molecule has 0 bridgehead atoms. The van der Waals surface area contributed by atoms with E-state index in [1.165, 1.54) is 18.1 Å². The highest BCUT2D eigenvalue weighted by molar-refractivity contribution is 8.02. The van der Waals surface area contributed by atoms with Crippen LogP contribution in [0.25, 0.3) is 0 Å². The number of thioether (sulfide) groups is 1. The van der Waals surface area contributed by atoms with Gasteiger partial charge in [0.1, 0.15) is 0 Å². The first-order chi connectivity index (χ1) is 6.10. The lowest BCUT2D eigenvalue weighted by Crippen LogP contribution is -2.28. The zero-order valence-electron chi connectivity index (χ0n) is 9.76. The highest BCUT2D eigenvalue weighted by atomic mass is 32.2. The van der Waals surface area contributed by atoms with Gasteiger partial charge in [-0.3, -0.25) is 0 Å². The highest BCUT2D eigenvalue weighted by Crippen LogP contribution is 2.23. The Balaban J connectivity index is 4.15. The van der Waals surface area contributed by atoms with Gasteiger partial charge in [-0.05, 0) is 5.41 Å². The van der Waals surface area contributed by atoms with Crippen LogP contribution in [0.2, 0.25) is 18.1 Å². The van der Waals surface area contributed by atoms with Crippen molar-refractivity contribution < 1.29 is 0 Å². The summed E-state index contributed by atoms with van der Waals surface area (Å²) in [5.74, 6) is 0. The molecule has 0 aliphatic rings. The van der Waals surface area contributed by atoms with E-state index in [2.05, 4.69) is 45.7 Å². The molecule has 0 heterocycles. The first-order valence-corrected chi connectivity index (χ1v) is 9.07. The largest absolute Gasteiger partial charge is 0.132 e. The van der Waals surface area contributed by atoms with Crippen molar-refractivity contribution in [3.63, 3.8) is 0 Å². The average Bonchev–Trinajstić information content (AvgIpc) is 2.13. The van der Waals surface area contributed by atoms with E-state index in [9.17, 15) is 0 Å². The van der Waals surface area contributed by atoms with Crippen LogP contribution < -0.4 is 0 Å². The molecule has 0 amide bonds. The standard InChI is InChI=1S/C11H24SSi/c1-6-13(7-2,8-3)10-9-12-11(4)5/h9-11H,6-8H2,1-5H3/b10-9-. The molecular formula is C11H24SSi. The quantitative estimate of drug-likeness (QED) is 0.581. The number of hydrogen-bond donors (Lipinski definition) is 0. The third-order valence-electron chi connectivity index (χ3n) is 2.88. The molecule has 13 heavy (non-hydrogen) atoms. The van der Waals surface area contributed by atoms with Gasteiger partial charge in [-0.15, -0.1) is 11.8 Å². The Kier molecular flexibility index (Phi) is 6.87. The lowest BCUT2D eigenvalue weighted by Gasteiger charge is -2.23. The van der Waals surface area contributed by atoms with Crippen LogP contribution in [0.4, 0.5) is 0 Å². The van der Waals surface area contributed by atoms with Crippen molar-refractivity contribution in [2.75, 3.05) is 0 Å². The predicted molar refractivity (Wildman–Crippen MR) is 69.1 cm³/mol. The Morgan fingerprint density at radius 3 is 1.85 bits per heavy atom. The van der Waals surface area contributed by atoms with Gasteiger partial charge in [0.25, 0.3) is 0 Å². The second-order valence-corrected chi connectivity index (χ2v) is 10.6. The van der Waals surface area contributed by atoms with Crippen molar-refractivity contribution in [2.45, 2.75) is 58.0 Å². The lowest BCUT2D eigenvalue weighted by atomic mass is 10.6. The van der Waals surface area contributed by atoms with E-state index in [0.29, 0.717) is 0 Å². The highest BCUT2D eigenvalue weighted by Gasteiger charge is 2.22. The minimum absolute atomic E-state index is 0.730. The smallest absolute Gasteiger partial charge is 0.0776 e. The van der Waals surface area contributed by atoms with E-state index < -0.39 is 8.07 Å². The molecule has 0 aromatic rings. The molecule has 0 saturated carbocycles. The maximum atomic E-state index is 2.55. The van der Waals surface area contributed by atoms with Crippen molar-refractivity contribution in [1.29, 1.82) is 0 Å². The zero-order valence-corrected chi connectivity index (χ0v) is 11.6. The van der Waals surface area contributed by atoms with Crippen LogP contribution >= 0.6 is 11.8 Å². The summed E-state index contributed by atoms with van der Waals surface area (Å²) in [6.07, 6.45) is 0. The molecule has 0 nitrogen and oxygen atoms in total. The van der Waals surface area contributed by atoms with E-state index >= 15 is 0 Å². The predicted octanol–water partition coefficient (Wildman–Crippen LogP) is 4.69. The lowest BCUT2D eigenvalue weighted by molar-refractivity contribution is 1.12. The van der Waals surface area contributed by atoms with Crippen molar-refractivity contribution in [3.8, 4) is 0 Å². The maximum Gasteiger partial charge on any atom is 0.0776 e.